The van der Waals surface area contributed by atoms with Gasteiger partial charge >= 0.3 is 0 Å². The van der Waals surface area contributed by atoms with Crippen LogP contribution in [-0.4, -0.2) is 37.9 Å². The topological polar surface area (TPSA) is 63.9 Å². The lowest BCUT2D eigenvalue weighted by atomic mass is 10.2. The maximum atomic E-state index is 12.9. The highest BCUT2D eigenvalue weighted by Crippen LogP contribution is 2.39. The smallest absolute Gasteiger partial charge is 0.251 e. The van der Waals surface area contributed by atoms with Crippen molar-refractivity contribution >= 4 is 35.0 Å². The van der Waals surface area contributed by atoms with E-state index in [2.05, 4.69) is 22.4 Å². The van der Waals surface area contributed by atoms with Gasteiger partial charge in [0.25, 0.3) is 5.91 Å². The Balaban J connectivity index is 1.96. The van der Waals surface area contributed by atoms with Crippen molar-refractivity contribution in [3.05, 3.63) is 29.5 Å². The lowest BCUT2D eigenvalue weighted by molar-refractivity contribution is -0.121. The van der Waals surface area contributed by atoms with Crippen LogP contribution < -0.4 is 4.90 Å². The minimum Gasteiger partial charge on any atom is -0.309 e. The Hall–Kier alpha value is -1.60. The first-order chi connectivity index (χ1) is 10.6. The van der Waals surface area contributed by atoms with E-state index in [9.17, 15) is 4.79 Å². The summed E-state index contributed by atoms with van der Waals surface area (Å²) >= 11 is 7.90. The number of nitrogens with zero attached hydrogens (tertiary/aromatic N) is 5. The molecular weight excluding hydrogens is 322 g/mol. The molecule has 0 spiro atoms. The van der Waals surface area contributed by atoms with Crippen molar-refractivity contribution in [2.24, 2.45) is 0 Å². The second kappa shape index (κ2) is 6.26. The summed E-state index contributed by atoms with van der Waals surface area (Å²) in [6.07, 6.45) is 2.38. The van der Waals surface area contributed by atoms with Gasteiger partial charge in [0, 0.05) is 21.7 Å². The van der Waals surface area contributed by atoms with E-state index in [-0.39, 0.29) is 5.91 Å². The van der Waals surface area contributed by atoms with Crippen LogP contribution in [-0.2, 0) is 4.79 Å². The predicted octanol–water partition coefficient (Wildman–Crippen LogP) is 2.81. The summed E-state index contributed by atoms with van der Waals surface area (Å²) in [5, 5.41) is 12.1. The average Bonchev–Trinajstić information content (AvgIpc) is 2.98. The van der Waals surface area contributed by atoms with Crippen molar-refractivity contribution in [1.29, 1.82) is 0 Å². The molecule has 6 nitrogen and oxygen atoms in total. The van der Waals surface area contributed by atoms with Crippen molar-refractivity contribution in [1.82, 2.24) is 20.2 Å². The minimum absolute atomic E-state index is 0.0366. The molecule has 1 aromatic heterocycles. The monoisotopic (exact) mass is 337 g/mol. The molecule has 8 heteroatoms. The van der Waals surface area contributed by atoms with Crippen LogP contribution in [0.25, 0.3) is 0 Å². The first kappa shape index (κ1) is 15.3. The molecule has 0 aliphatic carbocycles. The third-order valence-electron chi connectivity index (χ3n) is 3.68. The molecule has 2 atom stereocenters. The first-order valence-corrected chi connectivity index (χ1v) is 8.32. The summed E-state index contributed by atoms with van der Waals surface area (Å²) in [5.41, 5.74) is 0.867. The quantitative estimate of drug-likeness (QED) is 0.843. The normalized spacial score (nSPS) is 19.4. The molecule has 0 bridgehead atoms. The van der Waals surface area contributed by atoms with Crippen molar-refractivity contribution in [3.63, 3.8) is 0 Å². The Bertz CT molecular complexity index is 678. The fraction of sp³-hybridized carbons (Fsp3) is 0.429. The van der Waals surface area contributed by atoms with Crippen LogP contribution in [0, 0.1) is 0 Å². The number of thioether (sulfide) groups is 1. The van der Waals surface area contributed by atoms with Gasteiger partial charge in [0.15, 0.2) is 0 Å². The summed E-state index contributed by atoms with van der Waals surface area (Å²) in [4.78, 5) is 15.8. The van der Waals surface area contributed by atoms with Crippen LogP contribution in [0.5, 0.6) is 0 Å². The number of tetrazole rings is 1. The van der Waals surface area contributed by atoms with Crippen LogP contribution in [0.2, 0.25) is 5.02 Å². The number of rotatable bonds is 2. The molecule has 1 aromatic carbocycles. The molecule has 1 aliphatic heterocycles. The SMILES string of the molecule is CC1CCN(C(=O)[C@H](C)n2cnnn2)c2cc(Cl)ccc2S1. The highest BCUT2D eigenvalue weighted by molar-refractivity contribution is 8.00. The number of halogens is 1. The van der Waals surface area contributed by atoms with Gasteiger partial charge in [-0.3, -0.25) is 4.79 Å². The van der Waals surface area contributed by atoms with E-state index in [4.69, 9.17) is 11.6 Å². The molecule has 0 saturated carbocycles. The zero-order valence-electron chi connectivity index (χ0n) is 12.3. The van der Waals surface area contributed by atoms with Gasteiger partial charge < -0.3 is 4.90 Å². The number of aromatic nitrogens is 4. The van der Waals surface area contributed by atoms with Gasteiger partial charge in [-0.1, -0.05) is 18.5 Å². The summed E-state index contributed by atoms with van der Waals surface area (Å²) in [5.74, 6) is -0.0366. The van der Waals surface area contributed by atoms with Crippen LogP contribution in [0.3, 0.4) is 0 Å². The third kappa shape index (κ3) is 2.96. The zero-order chi connectivity index (χ0) is 15.7. The maximum Gasteiger partial charge on any atom is 0.251 e. The molecule has 0 fully saturated rings. The molecule has 3 rings (SSSR count). The molecule has 116 valence electrons. The van der Waals surface area contributed by atoms with Crippen molar-refractivity contribution in [2.45, 2.75) is 36.5 Å². The average molecular weight is 338 g/mol. The molecule has 2 aromatic rings. The summed E-state index contributed by atoms with van der Waals surface area (Å²) in [6, 6.07) is 5.23. The number of benzene rings is 1. The lowest BCUT2D eigenvalue weighted by Gasteiger charge is -2.25. The second-order valence-electron chi connectivity index (χ2n) is 5.28. The number of anilines is 1. The van der Waals surface area contributed by atoms with E-state index < -0.39 is 6.04 Å². The van der Waals surface area contributed by atoms with Crippen molar-refractivity contribution in [2.75, 3.05) is 11.4 Å². The molecule has 22 heavy (non-hydrogen) atoms. The number of hydrogen-bond acceptors (Lipinski definition) is 5. The van der Waals surface area contributed by atoms with Crippen molar-refractivity contribution < 1.29 is 4.79 Å². The predicted molar refractivity (Wildman–Crippen MR) is 86.3 cm³/mol. The highest BCUT2D eigenvalue weighted by atomic mass is 35.5. The molecule has 1 amide bonds. The van der Waals surface area contributed by atoms with Crippen LogP contribution in [0.4, 0.5) is 5.69 Å². The molecule has 0 N–H and O–H groups in total. The van der Waals surface area contributed by atoms with Gasteiger partial charge in [-0.2, -0.15) is 0 Å². The Morgan fingerprint density at radius 1 is 1.50 bits per heavy atom. The molecule has 2 heterocycles. The number of fused-ring (bicyclic) bond motifs is 1. The van der Waals surface area contributed by atoms with Crippen molar-refractivity contribution in [3.8, 4) is 0 Å². The summed E-state index contributed by atoms with van der Waals surface area (Å²) < 4.78 is 1.47. The van der Waals surface area contributed by atoms with E-state index in [0.29, 0.717) is 16.8 Å². The molecule has 0 saturated heterocycles. The number of carbonyl (C=O) groups is 1. The van der Waals surface area contributed by atoms with Gasteiger partial charge in [0.1, 0.15) is 12.4 Å². The fourth-order valence-corrected chi connectivity index (χ4v) is 3.68. The Kier molecular flexibility index (Phi) is 4.35. The third-order valence-corrected chi connectivity index (χ3v) is 5.16. The Morgan fingerprint density at radius 3 is 3.05 bits per heavy atom. The van der Waals surface area contributed by atoms with Gasteiger partial charge in [0.05, 0.1) is 5.69 Å². The van der Waals surface area contributed by atoms with E-state index in [1.165, 1.54) is 11.0 Å². The molecule has 1 aliphatic rings. The fourth-order valence-electron chi connectivity index (χ4n) is 2.42. The summed E-state index contributed by atoms with van der Waals surface area (Å²) in [7, 11) is 0. The lowest BCUT2D eigenvalue weighted by Crippen LogP contribution is -2.37. The standard InChI is InChI=1S/C14H16ClN5OS/c1-9-5-6-19(12-7-11(15)3-4-13(12)22-9)14(21)10(2)20-8-16-17-18-20/h3-4,7-10H,5-6H2,1-2H3/t9?,10-/m0/s1. The largest absolute Gasteiger partial charge is 0.309 e. The maximum absolute atomic E-state index is 12.9. The van der Waals surface area contributed by atoms with E-state index in [1.54, 1.807) is 23.6 Å². The molecule has 0 radical (unpaired) electrons. The van der Waals surface area contributed by atoms with E-state index in [0.717, 1.165) is 17.0 Å². The summed E-state index contributed by atoms with van der Waals surface area (Å²) in [6.45, 7) is 4.62. The van der Waals surface area contributed by atoms with Gasteiger partial charge in [0.2, 0.25) is 0 Å². The van der Waals surface area contributed by atoms with Crippen LogP contribution in [0.1, 0.15) is 26.3 Å². The number of hydrogen-bond donors (Lipinski definition) is 0. The van der Waals surface area contributed by atoms with Gasteiger partial charge in [-0.05, 0) is 42.0 Å². The second-order valence-corrected chi connectivity index (χ2v) is 7.20. The first-order valence-electron chi connectivity index (χ1n) is 7.06. The van der Waals surface area contributed by atoms with E-state index >= 15 is 0 Å². The van der Waals surface area contributed by atoms with Gasteiger partial charge in [-0.25, -0.2) is 4.68 Å². The number of amides is 1. The van der Waals surface area contributed by atoms with Crippen LogP contribution in [0.15, 0.2) is 29.4 Å². The molecule has 1 unspecified atom stereocenters. The molecular formula is C14H16ClN5OS. The Morgan fingerprint density at radius 2 is 2.32 bits per heavy atom. The van der Waals surface area contributed by atoms with Crippen LogP contribution >= 0.6 is 23.4 Å². The minimum atomic E-state index is -0.458. The van der Waals surface area contributed by atoms with E-state index in [1.807, 2.05) is 18.2 Å². The van der Waals surface area contributed by atoms with Gasteiger partial charge in [-0.15, -0.1) is 16.9 Å². The highest BCUT2D eigenvalue weighted by Gasteiger charge is 2.29. The Labute approximate surface area is 137 Å². The zero-order valence-corrected chi connectivity index (χ0v) is 13.9. The number of carbonyl (C=O) groups excluding carboxylic acids is 1.